The second kappa shape index (κ2) is 7.23. The van der Waals surface area contributed by atoms with Crippen LogP contribution >= 0.6 is 13.3 Å². The normalized spacial score (nSPS) is 12.1. The van der Waals surface area contributed by atoms with Crippen LogP contribution in [0, 0.1) is 6.07 Å². The van der Waals surface area contributed by atoms with E-state index in [1.165, 1.54) is 11.1 Å². The monoisotopic (exact) mass is 570 g/mol. The van der Waals surface area contributed by atoms with Crippen LogP contribution < -0.4 is 0 Å². The molecule has 0 bridgehead atoms. The maximum atomic E-state index is 4.90. The Morgan fingerprint density at radius 2 is 1.76 bits per heavy atom. The number of nitrogens with zero attached hydrogens (tertiary/aromatic N) is 2. The molecule has 0 atom stereocenters. The van der Waals surface area contributed by atoms with Gasteiger partial charge in [-0.3, -0.25) is 4.98 Å². The molecule has 0 fully saturated rings. The second-order valence-corrected chi connectivity index (χ2v) is 5.88. The summed E-state index contributed by atoms with van der Waals surface area (Å²) in [5.41, 5.74) is 7.68. The molecule has 3 nitrogen and oxygen atoms in total. The van der Waals surface area contributed by atoms with E-state index in [9.17, 15) is 0 Å². The number of H-pyrrole nitrogens is 1. The molecule has 0 radical (unpaired) electrons. The first-order valence-corrected chi connectivity index (χ1v) is 12.9. The van der Waals surface area contributed by atoms with Crippen LogP contribution in [0.15, 0.2) is 54.6 Å². The van der Waals surface area contributed by atoms with Crippen molar-refractivity contribution in [3.63, 3.8) is 0 Å². The van der Waals surface area contributed by atoms with Gasteiger partial charge in [-0.2, -0.15) is 0 Å². The predicted octanol–water partition coefficient (Wildman–Crippen LogP) is 5.03. The molecule has 0 saturated carbocycles. The van der Waals surface area contributed by atoms with E-state index in [1.807, 2.05) is 54.2 Å². The third-order valence-electron chi connectivity index (χ3n) is 4.45. The Balaban J connectivity index is 0.000000758. The summed E-state index contributed by atoms with van der Waals surface area (Å²) in [6.45, 7) is 0. The summed E-state index contributed by atoms with van der Waals surface area (Å²) in [4.78, 5) is 12.9. The van der Waals surface area contributed by atoms with Gasteiger partial charge in [0, 0.05) is 0 Å². The van der Waals surface area contributed by atoms with Crippen molar-refractivity contribution in [2.75, 3.05) is 0 Å². The van der Waals surface area contributed by atoms with E-state index in [0.717, 1.165) is 46.7 Å². The summed E-state index contributed by atoms with van der Waals surface area (Å²) >= 11 is 4.86. The third-order valence-corrected chi connectivity index (χ3v) is 4.45. The van der Waals surface area contributed by atoms with Gasteiger partial charge in [0.15, 0.2) is 5.82 Å². The fraction of sp³-hybridized carbons (Fsp3) is 0.100. The zero-order valence-corrected chi connectivity index (χ0v) is 17.1. The van der Waals surface area contributed by atoms with Crippen LogP contribution in [0.25, 0.3) is 33.8 Å². The van der Waals surface area contributed by atoms with Crippen molar-refractivity contribution < 1.29 is 17.8 Å². The number of aryl methyl sites for hydroxylation is 2. The van der Waals surface area contributed by atoms with Crippen LogP contribution in [-0.2, 0) is 30.6 Å². The Morgan fingerprint density at radius 1 is 0.920 bits per heavy atom. The van der Waals surface area contributed by atoms with Gasteiger partial charge >= 0.3 is 31.1 Å². The van der Waals surface area contributed by atoms with Crippen LogP contribution in [0.1, 0.15) is 11.1 Å². The molecule has 5 heteroatoms. The minimum Gasteiger partial charge on any atom is -0.337 e. The van der Waals surface area contributed by atoms with E-state index in [4.69, 9.17) is 4.98 Å². The number of aromatic nitrogens is 3. The number of para-hydroxylation sites is 2. The van der Waals surface area contributed by atoms with Crippen molar-refractivity contribution in [1.29, 1.82) is 0 Å². The fourth-order valence-corrected chi connectivity index (χ4v) is 3.28. The summed E-state index contributed by atoms with van der Waals surface area (Å²) in [5, 5.41) is 0. The molecule has 4 aromatic rings. The van der Waals surface area contributed by atoms with E-state index in [0.29, 0.717) is 0 Å². The van der Waals surface area contributed by atoms with Gasteiger partial charge < -0.3 is 4.98 Å². The largest absolute Gasteiger partial charge is 0.337 e. The Morgan fingerprint density at radius 3 is 2.64 bits per heavy atom. The Labute approximate surface area is 164 Å². The maximum absolute atomic E-state index is 4.90. The van der Waals surface area contributed by atoms with Crippen LogP contribution in [-0.4, -0.2) is 15.0 Å². The quantitative estimate of drug-likeness (QED) is 0.326. The number of fused-ring (bicyclic) bond motifs is 4. The smallest absolute Gasteiger partial charge is 0.156 e. The first kappa shape index (κ1) is 16.7. The summed E-state index contributed by atoms with van der Waals surface area (Å²) < 4.78 is 0. The molecule has 1 aliphatic rings. The molecule has 126 valence electrons. The average molecular weight is 571 g/mol. The standard InChI is InChI=1S/C20H14N3.BrH.Pt/c1-2-6-15-13(5-1)9-10-14-11-12-18(21-19(14)15)20-22-16-7-3-4-8-17(16)23-20;;/h1-5,7-8,11-12H,9-10H2,(H,22,23);1H;/q-1;;+2/p-1. The van der Waals surface area contributed by atoms with Crippen LogP contribution in [0.2, 0.25) is 0 Å². The van der Waals surface area contributed by atoms with Gasteiger partial charge in [0.25, 0.3) is 0 Å². The molecule has 2 aromatic carbocycles. The number of pyridine rings is 1. The Hall–Kier alpha value is -1.77. The number of hydrogen-bond acceptors (Lipinski definition) is 2. The van der Waals surface area contributed by atoms with Crippen molar-refractivity contribution in [2.45, 2.75) is 12.8 Å². The molecule has 2 heterocycles. The van der Waals surface area contributed by atoms with E-state index in [1.54, 1.807) is 0 Å². The third kappa shape index (κ3) is 3.09. The number of hydrogen-bond donors (Lipinski definition) is 1. The number of rotatable bonds is 1. The predicted molar refractivity (Wildman–Crippen MR) is 99.9 cm³/mol. The molecule has 2 aromatic heterocycles. The number of aromatic amines is 1. The van der Waals surface area contributed by atoms with Crippen molar-refractivity contribution in [2.24, 2.45) is 0 Å². The fourth-order valence-electron chi connectivity index (χ4n) is 3.28. The summed E-state index contributed by atoms with van der Waals surface area (Å²) in [6.07, 6.45) is 2.10. The summed E-state index contributed by atoms with van der Waals surface area (Å²) in [6, 6.07) is 21.8. The summed E-state index contributed by atoms with van der Waals surface area (Å²) in [7, 11) is 0. The van der Waals surface area contributed by atoms with Gasteiger partial charge in [-0.1, -0.05) is 30.2 Å². The van der Waals surface area contributed by atoms with Crippen LogP contribution in [0.3, 0.4) is 0 Å². The first-order chi connectivity index (χ1) is 12.4. The SMILES string of the molecule is [Br][Pt+].[c-]1cccc2c1-c1nc(-c3nc4ccccc4[nH]3)ccc1CC2. The van der Waals surface area contributed by atoms with E-state index < -0.39 is 0 Å². The minimum atomic E-state index is 0.817. The molecule has 1 N–H and O–H groups in total. The second-order valence-electron chi connectivity index (χ2n) is 5.88. The van der Waals surface area contributed by atoms with E-state index >= 15 is 0 Å². The zero-order valence-electron chi connectivity index (χ0n) is 13.2. The molecule has 0 spiro atoms. The minimum absolute atomic E-state index is 0.817. The molecule has 0 saturated heterocycles. The number of halogens is 1. The molecule has 0 unspecified atom stereocenters. The topological polar surface area (TPSA) is 41.6 Å². The van der Waals surface area contributed by atoms with Crippen molar-refractivity contribution in [3.05, 3.63) is 71.8 Å². The van der Waals surface area contributed by atoms with Gasteiger partial charge in [-0.25, -0.2) is 4.98 Å². The van der Waals surface area contributed by atoms with Gasteiger partial charge in [-0.05, 0) is 30.3 Å². The van der Waals surface area contributed by atoms with E-state index in [-0.39, 0.29) is 0 Å². The molecule has 0 amide bonds. The molecular weight excluding hydrogens is 557 g/mol. The Kier molecular flexibility index (Phi) is 4.82. The molecule has 5 rings (SSSR count). The molecule has 25 heavy (non-hydrogen) atoms. The number of nitrogens with one attached hydrogen (secondary N) is 1. The van der Waals surface area contributed by atoms with Crippen molar-refractivity contribution in [3.8, 4) is 22.8 Å². The van der Waals surface area contributed by atoms with Crippen molar-refractivity contribution >= 4 is 24.3 Å². The van der Waals surface area contributed by atoms with Gasteiger partial charge in [0.05, 0.1) is 16.7 Å². The van der Waals surface area contributed by atoms with Crippen LogP contribution in [0.4, 0.5) is 0 Å². The van der Waals surface area contributed by atoms with Gasteiger partial charge in [0.2, 0.25) is 0 Å². The van der Waals surface area contributed by atoms with E-state index in [2.05, 4.69) is 47.5 Å². The number of benzene rings is 2. The Bertz CT molecular complexity index is 1010. The van der Waals surface area contributed by atoms with Crippen LogP contribution in [0.5, 0.6) is 0 Å². The average Bonchev–Trinajstić information content (AvgIpc) is 3.13. The molecule has 1 aliphatic carbocycles. The van der Waals surface area contributed by atoms with Crippen molar-refractivity contribution in [1.82, 2.24) is 15.0 Å². The first-order valence-electron chi connectivity index (χ1n) is 7.95. The maximum Gasteiger partial charge on any atom is 0.156 e. The van der Waals surface area contributed by atoms with Gasteiger partial charge in [-0.15, -0.1) is 35.4 Å². The van der Waals surface area contributed by atoms with Gasteiger partial charge in [0.1, 0.15) is 0 Å². The molecular formula is C20H14BrN3Pt. The molecule has 0 aliphatic heterocycles. The number of imidazole rings is 1. The summed E-state index contributed by atoms with van der Waals surface area (Å²) in [5.74, 6) is 0.817. The zero-order chi connectivity index (χ0) is 17.2.